The summed E-state index contributed by atoms with van der Waals surface area (Å²) in [6, 6.07) is 5.55. The number of aliphatic hydroxyl groups is 1. The molecule has 0 radical (unpaired) electrons. The quantitative estimate of drug-likeness (QED) is 0.719. The van der Waals surface area contributed by atoms with E-state index in [4.69, 9.17) is 9.47 Å². The second-order valence-electron chi connectivity index (χ2n) is 5.20. The summed E-state index contributed by atoms with van der Waals surface area (Å²) in [4.78, 5) is 2.38. The molecule has 0 aliphatic heterocycles. The van der Waals surface area contributed by atoms with Gasteiger partial charge in [-0.05, 0) is 38.1 Å². The van der Waals surface area contributed by atoms with Gasteiger partial charge in [-0.3, -0.25) is 0 Å². The van der Waals surface area contributed by atoms with Crippen molar-refractivity contribution < 1.29 is 14.6 Å². The molecule has 1 aromatic rings. The highest BCUT2D eigenvalue weighted by Gasteiger charge is 2.15. The van der Waals surface area contributed by atoms with Crippen LogP contribution in [0.2, 0.25) is 0 Å². The number of aliphatic hydroxyl groups excluding tert-OH is 1. The average Bonchev–Trinajstić information content (AvgIpc) is 2.54. The lowest BCUT2D eigenvalue weighted by molar-refractivity contribution is 0.140. The van der Waals surface area contributed by atoms with Crippen molar-refractivity contribution in [1.29, 1.82) is 0 Å². The normalized spacial score (nSPS) is 12.5. The lowest BCUT2D eigenvalue weighted by Gasteiger charge is -2.22. The number of hydrogen-bond acceptors (Lipinski definition) is 4. The predicted molar refractivity (Wildman–Crippen MR) is 86.1 cm³/mol. The zero-order valence-corrected chi connectivity index (χ0v) is 13.8. The monoisotopic (exact) mass is 295 g/mol. The number of methoxy groups -OCH3 is 2. The van der Waals surface area contributed by atoms with Gasteiger partial charge in [0.25, 0.3) is 0 Å². The first-order valence-electron chi connectivity index (χ1n) is 7.78. The van der Waals surface area contributed by atoms with Gasteiger partial charge in [-0.1, -0.05) is 20.3 Å². The Bertz CT molecular complexity index is 409. The molecule has 0 aliphatic rings. The Labute approximate surface area is 128 Å². The van der Waals surface area contributed by atoms with Gasteiger partial charge in [0.1, 0.15) is 11.5 Å². The first-order valence-corrected chi connectivity index (χ1v) is 7.78. The van der Waals surface area contributed by atoms with E-state index in [-0.39, 0.29) is 0 Å². The highest BCUT2D eigenvalue weighted by atomic mass is 16.5. The highest BCUT2D eigenvalue weighted by Crippen LogP contribution is 2.31. The van der Waals surface area contributed by atoms with E-state index in [0.717, 1.165) is 30.9 Å². The van der Waals surface area contributed by atoms with Crippen LogP contribution in [0, 0.1) is 0 Å². The van der Waals surface area contributed by atoms with Crippen molar-refractivity contribution in [1.82, 2.24) is 4.90 Å². The van der Waals surface area contributed by atoms with Crippen molar-refractivity contribution >= 4 is 0 Å². The molecule has 1 unspecified atom stereocenters. The van der Waals surface area contributed by atoms with Crippen LogP contribution in [0.1, 0.15) is 44.8 Å². The number of unbranched alkanes of at least 4 members (excludes halogenated alkanes) is 1. The Morgan fingerprint density at radius 2 is 1.90 bits per heavy atom. The van der Waals surface area contributed by atoms with Gasteiger partial charge in [-0.25, -0.2) is 0 Å². The molecular weight excluding hydrogens is 266 g/mol. The molecule has 0 fully saturated rings. The SMILES string of the molecule is CCCCN(CC)CCC(O)c1ccc(OC)cc1OC. The summed E-state index contributed by atoms with van der Waals surface area (Å²) in [5, 5.41) is 10.4. The van der Waals surface area contributed by atoms with Gasteiger partial charge < -0.3 is 19.5 Å². The van der Waals surface area contributed by atoms with Gasteiger partial charge >= 0.3 is 0 Å². The maximum atomic E-state index is 10.4. The van der Waals surface area contributed by atoms with Crippen molar-refractivity contribution in [3.63, 3.8) is 0 Å². The Hall–Kier alpha value is -1.26. The van der Waals surface area contributed by atoms with Crippen molar-refractivity contribution in [2.75, 3.05) is 33.9 Å². The van der Waals surface area contributed by atoms with E-state index in [9.17, 15) is 5.11 Å². The van der Waals surface area contributed by atoms with E-state index >= 15 is 0 Å². The molecule has 4 heteroatoms. The van der Waals surface area contributed by atoms with Gasteiger partial charge in [0.2, 0.25) is 0 Å². The smallest absolute Gasteiger partial charge is 0.128 e. The van der Waals surface area contributed by atoms with Crippen molar-refractivity contribution in [3.05, 3.63) is 23.8 Å². The molecule has 1 N–H and O–H groups in total. The second kappa shape index (κ2) is 9.64. The Balaban J connectivity index is 2.64. The summed E-state index contributed by atoms with van der Waals surface area (Å²) in [7, 11) is 3.24. The van der Waals surface area contributed by atoms with E-state index in [1.54, 1.807) is 14.2 Å². The Kier molecular flexibility index (Phi) is 8.16. The van der Waals surface area contributed by atoms with Crippen molar-refractivity contribution in [2.24, 2.45) is 0 Å². The standard InChI is InChI=1S/C17H29NO3/c1-5-7-11-18(6-2)12-10-16(19)15-9-8-14(20-3)13-17(15)21-4/h8-9,13,16,19H,5-7,10-12H2,1-4H3. The van der Waals surface area contributed by atoms with E-state index in [1.165, 1.54) is 12.8 Å². The molecule has 120 valence electrons. The fourth-order valence-electron chi connectivity index (χ4n) is 2.36. The first kappa shape index (κ1) is 17.8. The van der Waals surface area contributed by atoms with Gasteiger partial charge in [0.15, 0.2) is 0 Å². The Morgan fingerprint density at radius 3 is 2.48 bits per heavy atom. The van der Waals surface area contributed by atoms with Crippen LogP contribution in [0.5, 0.6) is 11.5 Å². The van der Waals surface area contributed by atoms with E-state index in [1.807, 2.05) is 18.2 Å². The molecule has 1 atom stereocenters. The fraction of sp³-hybridized carbons (Fsp3) is 0.647. The van der Waals surface area contributed by atoms with Gasteiger partial charge in [0.05, 0.1) is 20.3 Å². The number of ether oxygens (including phenoxy) is 2. The molecule has 0 heterocycles. The molecule has 0 amide bonds. The maximum absolute atomic E-state index is 10.4. The molecule has 1 aromatic carbocycles. The molecule has 0 saturated heterocycles. The van der Waals surface area contributed by atoms with Gasteiger partial charge in [0, 0.05) is 18.2 Å². The van der Waals surface area contributed by atoms with Crippen LogP contribution in [-0.4, -0.2) is 43.9 Å². The molecule has 0 bridgehead atoms. The van der Waals surface area contributed by atoms with Crippen LogP contribution in [0.25, 0.3) is 0 Å². The Morgan fingerprint density at radius 1 is 1.14 bits per heavy atom. The highest BCUT2D eigenvalue weighted by molar-refractivity contribution is 5.41. The van der Waals surface area contributed by atoms with Crippen molar-refractivity contribution in [2.45, 2.75) is 39.2 Å². The maximum Gasteiger partial charge on any atom is 0.128 e. The first-order chi connectivity index (χ1) is 10.2. The molecule has 1 rings (SSSR count). The molecule has 0 aliphatic carbocycles. The minimum Gasteiger partial charge on any atom is -0.497 e. The summed E-state index contributed by atoms with van der Waals surface area (Å²) >= 11 is 0. The molecule has 4 nitrogen and oxygen atoms in total. The third-order valence-corrected chi connectivity index (χ3v) is 3.79. The molecule has 21 heavy (non-hydrogen) atoms. The zero-order valence-electron chi connectivity index (χ0n) is 13.8. The molecule has 0 aromatic heterocycles. The lowest BCUT2D eigenvalue weighted by atomic mass is 10.0. The van der Waals surface area contributed by atoms with Crippen LogP contribution < -0.4 is 9.47 Å². The summed E-state index contributed by atoms with van der Waals surface area (Å²) < 4.78 is 10.5. The third-order valence-electron chi connectivity index (χ3n) is 3.79. The zero-order chi connectivity index (χ0) is 15.7. The summed E-state index contributed by atoms with van der Waals surface area (Å²) in [6.45, 7) is 7.37. The fourth-order valence-corrected chi connectivity index (χ4v) is 2.36. The predicted octanol–water partition coefficient (Wildman–Crippen LogP) is 3.25. The number of nitrogens with zero attached hydrogens (tertiary/aromatic N) is 1. The summed E-state index contributed by atoms with van der Waals surface area (Å²) in [5.41, 5.74) is 0.824. The summed E-state index contributed by atoms with van der Waals surface area (Å²) in [6.07, 6.45) is 2.60. The van der Waals surface area contributed by atoms with E-state index in [2.05, 4.69) is 18.7 Å². The topological polar surface area (TPSA) is 41.9 Å². The second-order valence-corrected chi connectivity index (χ2v) is 5.20. The molecule has 0 spiro atoms. The minimum atomic E-state index is -0.512. The average molecular weight is 295 g/mol. The lowest BCUT2D eigenvalue weighted by Crippen LogP contribution is -2.26. The number of rotatable bonds is 10. The number of hydrogen-bond donors (Lipinski definition) is 1. The molecular formula is C17H29NO3. The summed E-state index contributed by atoms with van der Waals surface area (Å²) in [5.74, 6) is 1.42. The van der Waals surface area contributed by atoms with Crippen LogP contribution in [0.15, 0.2) is 18.2 Å². The van der Waals surface area contributed by atoms with Gasteiger partial charge in [-0.15, -0.1) is 0 Å². The number of benzene rings is 1. The van der Waals surface area contributed by atoms with Crippen LogP contribution in [0.4, 0.5) is 0 Å². The van der Waals surface area contributed by atoms with Crippen LogP contribution in [0.3, 0.4) is 0 Å². The minimum absolute atomic E-state index is 0.512. The third kappa shape index (κ3) is 5.56. The van der Waals surface area contributed by atoms with Crippen LogP contribution >= 0.6 is 0 Å². The largest absolute Gasteiger partial charge is 0.497 e. The van der Waals surface area contributed by atoms with E-state index in [0.29, 0.717) is 12.2 Å². The van der Waals surface area contributed by atoms with Gasteiger partial charge in [-0.2, -0.15) is 0 Å². The van der Waals surface area contributed by atoms with E-state index < -0.39 is 6.10 Å². The van der Waals surface area contributed by atoms with Crippen molar-refractivity contribution in [3.8, 4) is 11.5 Å². The van der Waals surface area contributed by atoms with Crippen LogP contribution in [-0.2, 0) is 0 Å². The molecule has 0 saturated carbocycles.